The molecule has 0 amide bonds. The number of para-hydroxylation sites is 2. The zero-order valence-electron chi connectivity index (χ0n) is 34.5. The van der Waals surface area contributed by atoms with Gasteiger partial charge in [0.15, 0.2) is 0 Å². The van der Waals surface area contributed by atoms with Crippen molar-refractivity contribution >= 4 is 44.9 Å². The summed E-state index contributed by atoms with van der Waals surface area (Å²) in [6.45, 7) is 9.48. The quantitative estimate of drug-likeness (QED) is 0.166. The van der Waals surface area contributed by atoms with E-state index in [-0.39, 0.29) is 10.8 Å². The molecule has 1 heterocycles. The predicted molar refractivity (Wildman–Crippen MR) is 254 cm³/mol. The molecule has 0 saturated carbocycles. The van der Waals surface area contributed by atoms with Gasteiger partial charge in [0.2, 0.25) is 0 Å². The molecule has 2 heteroatoms. The summed E-state index contributed by atoms with van der Waals surface area (Å²) < 4.78 is 0. The second-order valence-electron chi connectivity index (χ2n) is 17.3. The van der Waals surface area contributed by atoms with Gasteiger partial charge in [-0.2, -0.15) is 0 Å². The number of hydrogen-bond donors (Lipinski definition) is 0. The Morgan fingerprint density at radius 1 is 0.367 bits per heavy atom. The van der Waals surface area contributed by atoms with Crippen LogP contribution in [0.1, 0.15) is 49.9 Å². The number of fused-ring (bicyclic) bond motifs is 6. The number of nitrogens with zero attached hydrogens (tertiary/aromatic N) is 2. The van der Waals surface area contributed by atoms with Crippen molar-refractivity contribution in [1.82, 2.24) is 0 Å². The molecule has 0 N–H and O–H groups in total. The molecular weight excluding hydrogens is 725 g/mol. The van der Waals surface area contributed by atoms with Crippen LogP contribution < -0.4 is 9.80 Å². The topological polar surface area (TPSA) is 6.48 Å². The molecule has 0 aromatic heterocycles. The molecule has 2 nitrogen and oxygen atoms in total. The first-order chi connectivity index (χ1) is 29.3. The van der Waals surface area contributed by atoms with Crippen molar-refractivity contribution in [3.05, 3.63) is 229 Å². The van der Waals surface area contributed by atoms with Crippen molar-refractivity contribution < 1.29 is 0 Å². The van der Waals surface area contributed by atoms with Crippen LogP contribution in [0.5, 0.6) is 0 Å². The molecule has 0 spiro atoms. The summed E-state index contributed by atoms with van der Waals surface area (Å²) >= 11 is 0. The summed E-state index contributed by atoms with van der Waals surface area (Å²) in [6, 6.07) is 76.0. The fourth-order valence-corrected chi connectivity index (χ4v) is 10.3. The van der Waals surface area contributed by atoms with Crippen LogP contribution in [0.3, 0.4) is 0 Å². The lowest BCUT2D eigenvalue weighted by molar-refractivity contribution is 0.634. The number of anilines is 6. The van der Waals surface area contributed by atoms with Gasteiger partial charge >= 0.3 is 0 Å². The molecule has 0 fully saturated rings. The molecule has 0 bridgehead atoms. The molecule has 1 aliphatic carbocycles. The zero-order chi connectivity index (χ0) is 40.6. The van der Waals surface area contributed by atoms with Crippen LogP contribution in [-0.4, -0.2) is 0 Å². The fraction of sp³-hybridized carbons (Fsp3) is 0.103. The second-order valence-corrected chi connectivity index (χ2v) is 17.3. The third-order valence-corrected chi connectivity index (χ3v) is 13.2. The molecule has 0 saturated heterocycles. The number of rotatable bonds is 6. The fourth-order valence-electron chi connectivity index (χ4n) is 10.3. The Morgan fingerprint density at radius 2 is 0.933 bits per heavy atom. The van der Waals surface area contributed by atoms with Gasteiger partial charge in [-0.15, -0.1) is 0 Å². The Hall–Kier alpha value is -7.16. The first-order valence-corrected chi connectivity index (χ1v) is 21.1. The first kappa shape index (κ1) is 36.0. The summed E-state index contributed by atoms with van der Waals surface area (Å²) in [5, 5.41) is 2.44. The number of benzene rings is 9. The lowest BCUT2D eigenvalue weighted by atomic mass is 9.70. The van der Waals surface area contributed by atoms with Crippen LogP contribution in [0.15, 0.2) is 206 Å². The summed E-state index contributed by atoms with van der Waals surface area (Å²) in [5.41, 5.74) is 19.6. The van der Waals surface area contributed by atoms with Crippen LogP contribution >= 0.6 is 0 Å². The van der Waals surface area contributed by atoms with Gasteiger partial charge in [0.25, 0.3) is 0 Å². The molecule has 1 aliphatic heterocycles. The Bertz CT molecular complexity index is 3090. The van der Waals surface area contributed by atoms with Crippen LogP contribution in [0.2, 0.25) is 0 Å². The van der Waals surface area contributed by atoms with Crippen LogP contribution in [0.25, 0.3) is 44.2 Å². The maximum atomic E-state index is 2.55. The Morgan fingerprint density at radius 3 is 1.73 bits per heavy atom. The smallest absolute Gasteiger partial charge is 0.0618 e. The van der Waals surface area contributed by atoms with E-state index >= 15 is 0 Å². The minimum Gasteiger partial charge on any atom is -0.310 e. The minimum absolute atomic E-state index is 0.0939. The van der Waals surface area contributed by atoms with E-state index in [2.05, 4.69) is 244 Å². The normalized spacial score (nSPS) is 14.2. The predicted octanol–water partition coefficient (Wildman–Crippen LogP) is 16.1. The molecule has 9 aromatic carbocycles. The molecule has 288 valence electrons. The number of hydrogen-bond acceptors (Lipinski definition) is 2. The Labute approximate surface area is 353 Å². The molecule has 0 atom stereocenters. The van der Waals surface area contributed by atoms with Crippen molar-refractivity contribution in [2.45, 2.75) is 38.5 Å². The van der Waals surface area contributed by atoms with Gasteiger partial charge in [-0.1, -0.05) is 185 Å². The Kier molecular flexibility index (Phi) is 8.22. The van der Waals surface area contributed by atoms with Crippen molar-refractivity contribution in [1.29, 1.82) is 0 Å². The maximum absolute atomic E-state index is 2.55. The lowest BCUT2D eigenvalue weighted by Gasteiger charge is -2.44. The molecule has 60 heavy (non-hydrogen) atoms. The summed E-state index contributed by atoms with van der Waals surface area (Å²) in [7, 11) is 0. The SMILES string of the molecule is CC1(C)c2ccccc2-c2ccc(N(c3ccccc3)c3ccc(-c4ccc5ccccc5c4N4c5ccccc5C(C)(C)c5c(-c6ccccc6)cccc54)cc3)cc21. The largest absolute Gasteiger partial charge is 0.310 e. The third kappa shape index (κ3) is 5.48. The van der Waals surface area contributed by atoms with Gasteiger partial charge in [0, 0.05) is 38.8 Å². The lowest BCUT2D eigenvalue weighted by Crippen LogP contribution is -2.31. The van der Waals surface area contributed by atoms with E-state index in [1.807, 2.05) is 0 Å². The van der Waals surface area contributed by atoms with Gasteiger partial charge < -0.3 is 9.80 Å². The van der Waals surface area contributed by atoms with E-state index in [0.717, 1.165) is 17.1 Å². The molecule has 0 radical (unpaired) electrons. The second kappa shape index (κ2) is 13.7. The van der Waals surface area contributed by atoms with Gasteiger partial charge in [-0.25, -0.2) is 0 Å². The van der Waals surface area contributed by atoms with E-state index < -0.39 is 0 Å². The van der Waals surface area contributed by atoms with E-state index in [4.69, 9.17) is 0 Å². The first-order valence-electron chi connectivity index (χ1n) is 21.1. The van der Waals surface area contributed by atoms with Crippen LogP contribution in [0, 0.1) is 0 Å². The minimum atomic E-state index is -0.238. The molecule has 11 rings (SSSR count). The highest BCUT2D eigenvalue weighted by Crippen LogP contribution is 2.57. The van der Waals surface area contributed by atoms with Crippen molar-refractivity contribution in [3.63, 3.8) is 0 Å². The van der Waals surface area contributed by atoms with Crippen molar-refractivity contribution in [2.75, 3.05) is 9.80 Å². The maximum Gasteiger partial charge on any atom is 0.0618 e. The molecule has 2 aliphatic rings. The van der Waals surface area contributed by atoms with Crippen molar-refractivity contribution in [2.24, 2.45) is 0 Å². The van der Waals surface area contributed by atoms with E-state index in [1.165, 1.54) is 83.5 Å². The zero-order valence-corrected chi connectivity index (χ0v) is 34.5. The summed E-state index contributed by atoms with van der Waals surface area (Å²) in [5.74, 6) is 0. The van der Waals surface area contributed by atoms with Gasteiger partial charge in [-0.05, 0) is 104 Å². The van der Waals surface area contributed by atoms with E-state index in [1.54, 1.807) is 0 Å². The Balaban J connectivity index is 1.09. The average molecular weight is 771 g/mol. The van der Waals surface area contributed by atoms with Crippen LogP contribution in [0.4, 0.5) is 34.1 Å². The molecule has 9 aromatic rings. The van der Waals surface area contributed by atoms with Gasteiger partial charge in [0.1, 0.15) is 0 Å². The monoisotopic (exact) mass is 770 g/mol. The van der Waals surface area contributed by atoms with Gasteiger partial charge in [0.05, 0.1) is 17.1 Å². The van der Waals surface area contributed by atoms with E-state index in [9.17, 15) is 0 Å². The van der Waals surface area contributed by atoms with Crippen molar-refractivity contribution in [3.8, 4) is 33.4 Å². The highest BCUT2D eigenvalue weighted by molar-refractivity contribution is 6.08. The molecular formula is C58H46N2. The highest BCUT2D eigenvalue weighted by Gasteiger charge is 2.40. The molecule has 0 unspecified atom stereocenters. The summed E-state index contributed by atoms with van der Waals surface area (Å²) in [6.07, 6.45) is 0. The highest BCUT2D eigenvalue weighted by atomic mass is 15.2. The third-order valence-electron chi connectivity index (χ3n) is 13.2. The van der Waals surface area contributed by atoms with Gasteiger partial charge in [-0.3, -0.25) is 0 Å². The standard InChI is InChI=1S/C58H46N2/c1-57(2)50-26-14-13-24-48(50)49-37-35-44(38-52(49)57)59(42-21-9-6-10-22-42)43-33-30-41(31-34-43)47-36-32-40-20-11-12-23-46(40)56(47)60-53-28-16-15-27-51(53)58(3,4)55-45(25-17-29-54(55)60)39-18-7-5-8-19-39/h5-38H,1-4H3. The average Bonchev–Trinajstić information content (AvgIpc) is 3.52. The van der Waals surface area contributed by atoms with E-state index in [0.29, 0.717) is 0 Å². The summed E-state index contributed by atoms with van der Waals surface area (Å²) in [4.78, 5) is 4.95. The van der Waals surface area contributed by atoms with Crippen LogP contribution in [-0.2, 0) is 10.8 Å².